The predicted molar refractivity (Wildman–Crippen MR) is 34.6 cm³/mol. The molecule has 0 saturated carbocycles. The van der Waals surface area contributed by atoms with Gasteiger partial charge in [-0.2, -0.15) is 0 Å². The van der Waals surface area contributed by atoms with E-state index in [-0.39, 0.29) is 0 Å². The Kier molecular flexibility index (Phi) is 5.21. The molecule has 0 saturated heterocycles. The lowest BCUT2D eigenvalue weighted by Gasteiger charge is -2.02. The lowest BCUT2D eigenvalue weighted by Crippen LogP contribution is -2.13. The summed E-state index contributed by atoms with van der Waals surface area (Å²) in [4.78, 5) is 14.3. The minimum absolute atomic E-state index is 0.528. The van der Waals surface area contributed by atoms with Gasteiger partial charge in [-0.15, -0.1) is 0 Å². The lowest BCUT2D eigenvalue weighted by molar-refractivity contribution is -0.120. The van der Waals surface area contributed by atoms with Gasteiger partial charge < -0.3 is 0 Å². The van der Waals surface area contributed by atoms with Gasteiger partial charge in [0.05, 0.1) is 6.61 Å². The SMILES string of the molecule is CC(C)CCONC=O. The molecule has 1 amide bonds. The molecule has 0 unspecified atom stereocenters. The molecule has 0 fully saturated rings. The van der Waals surface area contributed by atoms with Crippen LogP contribution in [0.5, 0.6) is 0 Å². The Bertz CT molecular complexity index is 73.5. The predicted octanol–water partition coefficient (Wildman–Crippen LogP) is 0.710. The first-order valence-corrected chi connectivity index (χ1v) is 3.08. The van der Waals surface area contributed by atoms with Crippen molar-refractivity contribution in [1.29, 1.82) is 0 Å². The van der Waals surface area contributed by atoms with Gasteiger partial charge in [-0.05, 0) is 12.3 Å². The number of hydrogen-bond donors (Lipinski definition) is 1. The Morgan fingerprint density at radius 1 is 1.67 bits per heavy atom. The average molecular weight is 131 g/mol. The van der Waals surface area contributed by atoms with Gasteiger partial charge in [0.25, 0.3) is 0 Å². The maximum absolute atomic E-state index is 9.61. The van der Waals surface area contributed by atoms with E-state index in [9.17, 15) is 4.79 Å². The molecular formula is C6H13NO2. The Balaban J connectivity index is 2.82. The zero-order chi connectivity index (χ0) is 7.11. The number of amides is 1. The van der Waals surface area contributed by atoms with E-state index in [1.807, 2.05) is 0 Å². The molecule has 0 heterocycles. The highest BCUT2D eigenvalue weighted by atomic mass is 16.6. The summed E-state index contributed by atoms with van der Waals surface area (Å²) in [7, 11) is 0. The molecule has 1 N–H and O–H groups in total. The van der Waals surface area contributed by atoms with Crippen molar-refractivity contribution < 1.29 is 9.63 Å². The van der Waals surface area contributed by atoms with Crippen molar-refractivity contribution >= 4 is 6.41 Å². The van der Waals surface area contributed by atoms with Gasteiger partial charge in [-0.3, -0.25) is 9.63 Å². The van der Waals surface area contributed by atoms with Crippen molar-refractivity contribution in [3.63, 3.8) is 0 Å². The Morgan fingerprint density at radius 3 is 2.78 bits per heavy atom. The second kappa shape index (κ2) is 5.56. The van der Waals surface area contributed by atoms with E-state index >= 15 is 0 Å². The summed E-state index contributed by atoms with van der Waals surface area (Å²) >= 11 is 0. The van der Waals surface area contributed by atoms with Crippen LogP contribution >= 0.6 is 0 Å². The summed E-state index contributed by atoms with van der Waals surface area (Å²) in [5, 5.41) is 0. The maximum Gasteiger partial charge on any atom is 0.230 e. The van der Waals surface area contributed by atoms with E-state index < -0.39 is 0 Å². The van der Waals surface area contributed by atoms with Crippen molar-refractivity contribution in [2.24, 2.45) is 5.92 Å². The normalized spacial score (nSPS) is 9.67. The smallest absolute Gasteiger partial charge is 0.230 e. The minimum atomic E-state index is 0.528. The third-order valence-electron chi connectivity index (χ3n) is 0.929. The Labute approximate surface area is 55.3 Å². The second-order valence-corrected chi connectivity index (χ2v) is 2.27. The van der Waals surface area contributed by atoms with Crippen molar-refractivity contribution in [3.8, 4) is 0 Å². The number of hydroxylamine groups is 1. The molecular weight excluding hydrogens is 118 g/mol. The van der Waals surface area contributed by atoms with Gasteiger partial charge in [0.1, 0.15) is 0 Å². The number of rotatable bonds is 5. The highest BCUT2D eigenvalue weighted by molar-refractivity contribution is 5.43. The van der Waals surface area contributed by atoms with E-state index in [0.29, 0.717) is 18.9 Å². The van der Waals surface area contributed by atoms with Crippen LogP contribution in [0.15, 0.2) is 0 Å². The van der Waals surface area contributed by atoms with E-state index in [1.165, 1.54) is 0 Å². The molecule has 0 radical (unpaired) electrons. The van der Waals surface area contributed by atoms with Gasteiger partial charge in [0.2, 0.25) is 6.41 Å². The largest absolute Gasteiger partial charge is 0.277 e. The van der Waals surface area contributed by atoms with E-state index in [0.717, 1.165) is 6.42 Å². The minimum Gasteiger partial charge on any atom is -0.277 e. The van der Waals surface area contributed by atoms with Crippen LogP contribution in [0.25, 0.3) is 0 Å². The van der Waals surface area contributed by atoms with E-state index in [2.05, 4.69) is 24.2 Å². The van der Waals surface area contributed by atoms with Gasteiger partial charge in [-0.1, -0.05) is 13.8 Å². The van der Waals surface area contributed by atoms with Crippen molar-refractivity contribution in [1.82, 2.24) is 5.48 Å². The van der Waals surface area contributed by atoms with Crippen molar-refractivity contribution in [3.05, 3.63) is 0 Å². The van der Waals surface area contributed by atoms with Crippen molar-refractivity contribution in [2.45, 2.75) is 20.3 Å². The quantitative estimate of drug-likeness (QED) is 0.339. The molecule has 0 aromatic heterocycles. The third kappa shape index (κ3) is 7.43. The first-order valence-electron chi connectivity index (χ1n) is 3.08. The molecule has 0 aromatic rings. The molecule has 0 aliphatic rings. The van der Waals surface area contributed by atoms with Gasteiger partial charge >= 0.3 is 0 Å². The van der Waals surface area contributed by atoms with Crippen LogP contribution in [-0.4, -0.2) is 13.0 Å². The highest BCUT2D eigenvalue weighted by Crippen LogP contribution is 1.96. The van der Waals surface area contributed by atoms with Gasteiger partial charge in [0.15, 0.2) is 0 Å². The zero-order valence-corrected chi connectivity index (χ0v) is 5.89. The number of carbonyl (C=O) groups is 1. The van der Waals surface area contributed by atoms with E-state index in [1.54, 1.807) is 0 Å². The van der Waals surface area contributed by atoms with Crippen LogP contribution in [0, 0.1) is 5.92 Å². The highest BCUT2D eigenvalue weighted by Gasteiger charge is 1.91. The fourth-order valence-corrected chi connectivity index (χ4v) is 0.388. The van der Waals surface area contributed by atoms with Crippen LogP contribution in [0.4, 0.5) is 0 Å². The lowest BCUT2D eigenvalue weighted by atomic mass is 10.1. The topological polar surface area (TPSA) is 38.3 Å². The zero-order valence-electron chi connectivity index (χ0n) is 5.89. The molecule has 9 heavy (non-hydrogen) atoms. The number of carbonyl (C=O) groups excluding carboxylic acids is 1. The van der Waals surface area contributed by atoms with Crippen LogP contribution in [0.1, 0.15) is 20.3 Å². The van der Waals surface area contributed by atoms with E-state index in [4.69, 9.17) is 0 Å². The average Bonchev–Trinajstić information content (AvgIpc) is 1.80. The number of nitrogens with one attached hydrogen (secondary N) is 1. The first kappa shape index (κ1) is 8.43. The standard InChI is InChI=1S/C6H13NO2/c1-6(2)3-4-9-7-5-8/h5-6H,3-4H2,1-2H3,(H,7,8). The number of hydrogen-bond acceptors (Lipinski definition) is 2. The summed E-state index contributed by atoms with van der Waals surface area (Å²) < 4.78 is 0. The maximum atomic E-state index is 9.61. The molecule has 0 rings (SSSR count). The molecule has 0 atom stereocenters. The van der Waals surface area contributed by atoms with Crippen LogP contribution < -0.4 is 5.48 Å². The molecule has 0 aromatic carbocycles. The van der Waals surface area contributed by atoms with Gasteiger partial charge in [-0.25, -0.2) is 5.48 Å². The molecule has 0 spiro atoms. The second-order valence-electron chi connectivity index (χ2n) is 2.27. The van der Waals surface area contributed by atoms with Crippen LogP contribution in [-0.2, 0) is 9.63 Å². The summed E-state index contributed by atoms with van der Waals surface area (Å²) in [5.41, 5.74) is 2.12. The summed E-state index contributed by atoms with van der Waals surface area (Å²) in [6, 6.07) is 0. The fourth-order valence-electron chi connectivity index (χ4n) is 0.388. The van der Waals surface area contributed by atoms with Crippen LogP contribution in [0.3, 0.4) is 0 Å². The molecule has 3 heteroatoms. The van der Waals surface area contributed by atoms with Gasteiger partial charge in [0, 0.05) is 0 Å². The molecule has 54 valence electrons. The molecule has 0 aliphatic carbocycles. The monoisotopic (exact) mass is 131 g/mol. The van der Waals surface area contributed by atoms with Crippen molar-refractivity contribution in [2.75, 3.05) is 6.61 Å². The Hall–Kier alpha value is -0.570. The third-order valence-corrected chi connectivity index (χ3v) is 0.929. The molecule has 3 nitrogen and oxygen atoms in total. The summed E-state index contributed by atoms with van der Waals surface area (Å²) in [6.45, 7) is 4.80. The molecule has 0 aliphatic heterocycles. The summed E-state index contributed by atoms with van der Waals surface area (Å²) in [5.74, 6) is 0.624. The fraction of sp³-hybridized carbons (Fsp3) is 0.833. The first-order chi connectivity index (χ1) is 4.27. The molecule has 0 bridgehead atoms. The summed E-state index contributed by atoms with van der Waals surface area (Å²) in [6.07, 6.45) is 1.50. The Morgan fingerprint density at radius 2 is 2.33 bits per heavy atom. The van der Waals surface area contributed by atoms with Crippen LogP contribution in [0.2, 0.25) is 0 Å².